The minimum absolute atomic E-state index is 0.462. The molecule has 1 N–H and O–H groups in total. The lowest BCUT2D eigenvalue weighted by Crippen LogP contribution is -2.23. The summed E-state index contributed by atoms with van der Waals surface area (Å²) in [5.41, 5.74) is 3.98. The van der Waals surface area contributed by atoms with Crippen molar-refractivity contribution in [1.29, 1.82) is 0 Å². The van der Waals surface area contributed by atoms with Crippen LogP contribution in [0.1, 0.15) is 25.2 Å². The molecule has 0 aliphatic rings. The highest BCUT2D eigenvalue weighted by atomic mass is 32.1. The van der Waals surface area contributed by atoms with E-state index in [1.54, 1.807) is 11.3 Å². The molecule has 0 atom stereocenters. The highest BCUT2D eigenvalue weighted by molar-refractivity contribution is 7.07. The van der Waals surface area contributed by atoms with Gasteiger partial charge in [0.25, 0.3) is 0 Å². The maximum atomic E-state index is 4.29. The average molecular weight is 294 g/mol. The molecule has 0 saturated carbocycles. The van der Waals surface area contributed by atoms with Crippen LogP contribution in [0.5, 0.6) is 0 Å². The number of aromatic nitrogens is 4. The molecule has 0 fully saturated rings. The summed E-state index contributed by atoms with van der Waals surface area (Å²) in [6, 6.07) is 0.462. The Labute approximate surface area is 123 Å². The van der Waals surface area contributed by atoms with Gasteiger partial charge < -0.3 is 5.32 Å². The van der Waals surface area contributed by atoms with Crippen LogP contribution < -0.4 is 5.32 Å². The smallest absolute Gasteiger partial charge is 0.0964 e. The topological polar surface area (TPSA) is 58.9 Å². The van der Waals surface area contributed by atoms with Gasteiger partial charge in [-0.1, -0.05) is 19.1 Å². The molecule has 0 unspecified atom stereocenters. The first-order valence-electron chi connectivity index (χ1n) is 6.81. The van der Waals surface area contributed by atoms with Crippen molar-refractivity contribution in [1.82, 2.24) is 30.2 Å². The molecule has 0 saturated heterocycles. The zero-order chi connectivity index (χ0) is 14.4. The van der Waals surface area contributed by atoms with Crippen LogP contribution in [0.3, 0.4) is 0 Å². The van der Waals surface area contributed by atoms with Gasteiger partial charge in [0, 0.05) is 37.3 Å². The van der Waals surface area contributed by atoms with Crippen LogP contribution in [-0.2, 0) is 19.6 Å². The second kappa shape index (κ2) is 7.47. The van der Waals surface area contributed by atoms with Gasteiger partial charge >= 0.3 is 0 Å². The van der Waals surface area contributed by atoms with E-state index in [1.165, 1.54) is 0 Å². The fraction of sp³-hybridized carbons (Fsp3) is 0.615. The summed E-state index contributed by atoms with van der Waals surface area (Å²) in [6.07, 6.45) is 2.01. The first-order valence-corrected chi connectivity index (χ1v) is 7.76. The SMILES string of the molecule is CC(C)NCc1cn(CCN(C)Cc2cscn2)nn1. The molecule has 6 nitrogen and oxygen atoms in total. The molecule has 0 aliphatic carbocycles. The molecule has 7 heteroatoms. The van der Waals surface area contributed by atoms with Crippen molar-refractivity contribution in [3.8, 4) is 0 Å². The summed E-state index contributed by atoms with van der Waals surface area (Å²) < 4.78 is 1.90. The number of nitrogens with one attached hydrogen (secondary N) is 1. The first kappa shape index (κ1) is 15.1. The van der Waals surface area contributed by atoms with E-state index in [0.717, 1.165) is 37.6 Å². The Hall–Kier alpha value is -1.31. The summed E-state index contributed by atoms with van der Waals surface area (Å²) in [7, 11) is 2.09. The Morgan fingerprint density at radius 3 is 2.95 bits per heavy atom. The minimum Gasteiger partial charge on any atom is -0.309 e. The number of hydrogen-bond acceptors (Lipinski definition) is 6. The first-order chi connectivity index (χ1) is 9.63. The number of nitrogens with zero attached hydrogens (tertiary/aromatic N) is 5. The van der Waals surface area contributed by atoms with Crippen LogP contribution in [0, 0.1) is 0 Å². The summed E-state index contributed by atoms with van der Waals surface area (Å²) in [5, 5.41) is 13.7. The van der Waals surface area contributed by atoms with E-state index in [2.05, 4.69) is 51.8 Å². The van der Waals surface area contributed by atoms with Gasteiger partial charge in [-0.3, -0.25) is 9.58 Å². The van der Waals surface area contributed by atoms with Gasteiger partial charge in [-0.2, -0.15) is 0 Å². The predicted molar refractivity (Wildman–Crippen MR) is 80.4 cm³/mol. The molecule has 2 aromatic heterocycles. The van der Waals surface area contributed by atoms with Crippen LogP contribution in [0.2, 0.25) is 0 Å². The standard InChI is InChI=1S/C13H22N6S/c1-11(2)14-6-12-8-19(17-16-12)5-4-18(3)7-13-9-20-10-15-13/h8-11,14H,4-7H2,1-3H3. The number of hydrogen-bond donors (Lipinski definition) is 1. The van der Waals surface area contributed by atoms with E-state index >= 15 is 0 Å². The molecule has 2 rings (SSSR count). The Bertz CT molecular complexity index is 493. The zero-order valence-electron chi connectivity index (χ0n) is 12.3. The average Bonchev–Trinajstić information content (AvgIpc) is 3.05. The van der Waals surface area contributed by atoms with Gasteiger partial charge in [0.1, 0.15) is 0 Å². The molecule has 0 radical (unpaired) electrons. The van der Waals surface area contributed by atoms with Crippen molar-refractivity contribution in [2.75, 3.05) is 13.6 Å². The molecule has 110 valence electrons. The van der Waals surface area contributed by atoms with Crippen LogP contribution in [0.15, 0.2) is 17.1 Å². The highest BCUT2D eigenvalue weighted by Crippen LogP contribution is 2.04. The largest absolute Gasteiger partial charge is 0.309 e. The number of likely N-dealkylation sites (N-methyl/N-ethyl adjacent to an activating group) is 1. The van der Waals surface area contributed by atoms with E-state index in [0.29, 0.717) is 6.04 Å². The molecule has 0 aromatic carbocycles. The Balaban J connectivity index is 1.73. The van der Waals surface area contributed by atoms with Crippen molar-refractivity contribution in [3.63, 3.8) is 0 Å². The third-order valence-corrected chi connectivity index (χ3v) is 3.54. The second-order valence-corrected chi connectivity index (χ2v) is 5.94. The van der Waals surface area contributed by atoms with Crippen molar-refractivity contribution >= 4 is 11.3 Å². The van der Waals surface area contributed by atoms with E-state index in [4.69, 9.17) is 0 Å². The van der Waals surface area contributed by atoms with Gasteiger partial charge in [0.15, 0.2) is 0 Å². The van der Waals surface area contributed by atoms with Gasteiger partial charge in [0.2, 0.25) is 0 Å². The lowest BCUT2D eigenvalue weighted by atomic mass is 10.3. The predicted octanol–water partition coefficient (Wildman–Crippen LogP) is 1.36. The minimum atomic E-state index is 0.462. The van der Waals surface area contributed by atoms with Crippen molar-refractivity contribution in [2.45, 2.75) is 39.5 Å². The van der Waals surface area contributed by atoms with Gasteiger partial charge in [-0.05, 0) is 7.05 Å². The van der Waals surface area contributed by atoms with Crippen LogP contribution in [0.25, 0.3) is 0 Å². The molecule has 0 amide bonds. The highest BCUT2D eigenvalue weighted by Gasteiger charge is 2.05. The fourth-order valence-corrected chi connectivity index (χ4v) is 2.33. The molecule has 0 aliphatic heterocycles. The van der Waals surface area contributed by atoms with Crippen molar-refractivity contribution < 1.29 is 0 Å². The molecular formula is C13H22N6S. The second-order valence-electron chi connectivity index (χ2n) is 5.23. The molecular weight excluding hydrogens is 272 g/mol. The summed E-state index contributed by atoms with van der Waals surface area (Å²) in [5.74, 6) is 0. The van der Waals surface area contributed by atoms with E-state index in [-0.39, 0.29) is 0 Å². The molecule has 20 heavy (non-hydrogen) atoms. The van der Waals surface area contributed by atoms with Crippen molar-refractivity contribution in [3.05, 3.63) is 28.5 Å². The lowest BCUT2D eigenvalue weighted by molar-refractivity contribution is 0.301. The third kappa shape index (κ3) is 4.99. The van der Waals surface area contributed by atoms with Crippen LogP contribution >= 0.6 is 11.3 Å². The van der Waals surface area contributed by atoms with E-state index in [1.807, 2.05) is 16.4 Å². The zero-order valence-corrected chi connectivity index (χ0v) is 13.1. The van der Waals surface area contributed by atoms with Crippen LogP contribution in [0.4, 0.5) is 0 Å². The molecule has 2 heterocycles. The number of rotatable bonds is 8. The Morgan fingerprint density at radius 2 is 2.25 bits per heavy atom. The maximum absolute atomic E-state index is 4.29. The summed E-state index contributed by atoms with van der Waals surface area (Å²) >= 11 is 1.63. The van der Waals surface area contributed by atoms with Gasteiger partial charge in [-0.15, -0.1) is 16.4 Å². The molecule has 0 bridgehead atoms. The molecule has 0 spiro atoms. The summed E-state index contributed by atoms with van der Waals surface area (Å²) in [6.45, 7) is 7.66. The van der Waals surface area contributed by atoms with E-state index < -0.39 is 0 Å². The fourth-order valence-electron chi connectivity index (χ4n) is 1.78. The van der Waals surface area contributed by atoms with Gasteiger partial charge in [0.05, 0.1) is 23.4 Å². The van der Waals surface area contributed by atoms with Crippen molar-refractivity contribution in [2.24, 2.45) is 0 Å². The number of thiazole rings is 1. The molecule has 2 aromatic rings. The monoisotopic (exact) mass is 294 g/mol. The van der Waals surface area contributed by atoms with E-state index in [9.17, 15) is 0 Å². The van der Waals surface area contributed by atoms with Gasteiger partial charge in [-0.25, -0.2) is 4.98 Å². The quantitative estimate of drug-likeness (QED) is 0.797. The Morgan fingerprint density at radius 1 is 1.40 bits per heavy atom. The normalized spacial score (nSPS) is 11.7. The third-order valence-electron chi connectivity index (χ3n) is 2.90. The lowest BCUT2D eigenvalue weighted by Gasteiger charge is -2.14. The maximum Gasteiger partial charge on any atom is 0.0964 e. The van der Waals surface area contributed by atoms with Crippen LogP contribution in [-0.4, -0.2) is 44.5 Å². The summed E-state index contributed by atoms with van der Waals surface area (Å²) in [4.78, 5) is 6.53. The Kier molecular flexibility index (Phi) is 5.63.